The maximum Gasteiger partial charge on any atom is 0.134 e. The Kier molecular flexibility index (Phi) is 3.03. The number of methoxy groups -OCH3 is 1. The summed E-state index contributed by atoms with van der Waals surface area (Å²) in [5, 5.41) is 13.0. The van der Waals surface area contributed by atoms with Crippen LogP contribution in [0.25, 0.3) is 0 Å². The second kappa shape index (κ2) is 4.29. The van der Waals surface area contributed by atoms with Gasteiger partial charge in [0.15, 0.2) is 0 Å². The number of ether oxygens (including phenoxy) is 1. The van der Waals surface area contributed by atoms with Gasteiger partial charge in [-0.2, -0.15) is 0 Å². The normalized spacial score (nSPS) is 24.7. The summed E-state index contributed by atoms with van der Waals surface area (Å²) in [7, 11) is 1.73. The average molecular weight is 228 g/mol. The lowest BCUT2D eigenvalue weighted by molar-refractivity contribution is 0.0329. The minimum Gasteiger partial charge on any atom is -0.506 e. The van der Waals surface area contributed by atoms with Crippen molar-refractivity contribution >= 4 is 17.3 Å². The molecule has 4 heteroatoms. The lowest BCUT2D eigenvalue weighted by atomic mass is 9.89. The fourth-order valence-corrected chi connectivity index (χ4v) is 1.89. The zero-order chi connectivity index (χ0) is 10.8. The minimum atomic E-state index is 0.116. The first-order chi connectivity index (χ1) is 7.19. The van der Waals surface area contributed by atoms with E-state index < -0.39 is 0 Å². The summed E-state index contributed by atoms with van der Waals surface area (Å²) >= 11 is 5.80. The predicted octanol–water partition coefficient (Wildman–Crippen LogP) is 2.63. The molecule has 1 aromatic carbocycles. The van der Waals surface area contributed by atoms with Crippen molar-refractivity contribution in [3.63, 3.8) is 0 Å². The zero-order valence-electron chi connectivity index (χ0n) is 8.53. The van der Waals surface area contributed by atoms with Gasteiger partial charge in [0.1, 0.15) is 5.75 Å². The number of rotatable bonds is 3. The van der Waals surface area contributed by atoms with Crippen molar-refractivity contribution in [1.29, 1.82) is 0 Å². The molecule has 1 aromatic rings. The van der Waals surface area contributed by atoms with E-state index >= 15 is 0 Å². The van der Waals surface area contributed by atoms with Crippen LogP contribution < -0.4 is 5.32 Å². The van der Waals surface area contributed by atoms with Crippen LogP contribution in [0.3, 0.4) is 0 Å². The van der Waals surface area contributed by atoms with Crippen LogP contribution in [-0.4, -0.2) is 24.4 Å². The quantitative estimate of drug-likeness (QED) is 0.780. The van der Waals surface area contributed by atoms with Crippen molar-refractivity contribution in [2.45, 2.75) is 25.0 Å². The highest BCUT2D eigenvalue weighted by atomic mass is 35.5. The van der Waals surface area contributed by atoms with E-state index in [1.54, 1.807) is 19.2 Å². The van der Waals surface area contributed by atoms with E-state index in [-0.39, 0.29) is 5.75 Å². The summed E-state index contributed by atoms with van der Waals surface area (Å²) in [5.74, 6) is 0.116. The summed E-state index contributed by atoms with van der Waals surface area (Å²) in [4.78, 5) is 0. The number of nitrogens with one attached hydrogen (secondary N) is 1. The molecule has 1 fully saturated rings. The van der Waals surface area contributed by atoms with Crippen LogP contribution in [0.5, 0.6) is 5.75 Å². The molecule has 15 heavy (non-hydrogen) atoms. The van der Waals surface area contributed by atoms with Gasteiger partial charge in [0, 0.05) is 18.8 Å². The minimum absolute atomic E-state index is 0.116. The number of aromatic hydroxyl groups is 1. The third-order valence-electron chi connectivity index (χ3n) is 2.75. The molecule has 0 bridgehead atoms. The first-order valence-electron chi connectivity index (χ1n) is 4.97. The van der Waals surface area contributed by atoms with Crippen molar-refractivity contribution in [2.24, 2.45) is 0 Å². The van der Waals surface area contributed by atoms with Crippen molar-refractivity contribution in [3.8, 4) is 5.75 Å². The van der Waals surface area contributed by atoms with Crippen LogP contribution in [0.4, 0.5) is 5.69 Å². The van der Waals surface area contributed by atoms with Gasteiger partial charge in [-0.15, -0.1) is 0 Å². The highest BCUT2D eigenvalue weighted by Crippen LogP contribution is 2.30. The van der Waals surface area contributed by atoms with Gasteiger partial charge in [-0.1, -0.05) is 11.6 Å². The molecule has 0 unspecified atom stereocenters. The topological polar surface area (TPSA) is 41.5 Å². The Labute approximate surface area is 94.0 Å². The summed E-state index contributed by atoms with van der Waals surface area (Å²) in [6.07, 6.45) is 2.43. The van der Waals surface area contributed by atoms with E-state index in [9.17, 15) is 5.11 Å². The lowest BCUT2D eigenvalue weighted by Gasteiger charge is -2.35. The lowest BCUT2D eigenvalue weighted by Crippen LogP contribution is -2.40. The van der Waals surface area contributed by atoms with Crippen LogP contribution in [0.15, 0.2) is 18.2 Å². The summed E-state index contributed by atoms with van der Waals surface area (Å²) in [5.41, 5.74) is 0.942. The molecule has 0 amide bonds. The Bertz CT molecular complexity index is 350. The average Bonchev–Trinajstić information content (AvgIpc) is 2.16. The Morgan fingerprint density at radius 2 is 2.20 bits per heavy atom. The van der Waals surface area contributed by atoms with Crippen molar-refractivity contribution in [3.05, 3.63) is 23.2 Å². The number of halogens is 1. The highest BCUT2D eigenvalue weighted by Gasteiger charge is 2.28. The zero-order valence-corrected chi connectivity index (χ0v) is 9.29. The van der Waals surface area contributed by atoms with Crippen LogP contribution >= 0.6 is 11.6 Å². The van der Waals surface area contributed by atoms with Crippen molar-refractivity contribution < 1.29 is 9.84 Å². The van der Waals surface area contributed by atoms with Gasteiger partial charge in [-0.05, 0) is 31.0 Å². The maximum atomic E-state index is 9.25. The van der Waals surface area contributed by atoms with Crippen LogP contribution in [0.1, 0.15) is 12.8 Å². The Hall–Kier alpha value is -0.930. The van der Waals surface area contributed by atoms with E-state index in [0.717, 1.165) is 18.5 Å². The molecule has 0 aliphatic heterocycles. The molecule has 0 radical (unpaired) electrons. The van der Waals surface area contributed by atoms with Gasteiger partial charge in [0.2, 0.25) is 0 Å². The number of anilines is 1. The fraction of sp³-hybridized carbons (Fsp3) is 0.455. The molecule has 2 rings (SSSR count). The smallest absolute Gasteiger partial charge is 0.134 e. The number of hydrogen-bond donors (Lipinski definition) is 2. The van der Waals surface area contributed by atoms with Crippen molar-refractivity contribution in [1.82, 2.24) is 0 Å². The van der Waals surface area contributed by atoms with Gasteiger partial charge in [0.25, 0.3) is 0 Å². The van der Waals surface area contributed by atoms with Gasteiger partial charge >= 0.3 is 0 Å². The first kappa shape index (κ1) is 10.6. The summed E-state index contributed by atoms with van der Waals surface area (Å²) in [6.45, 7) is 0. The molecule has 1 aliphatic rings. The SMILES string of the molecule is COC1CC(Nc2ccc(O)c(Cl)c2)C1. The highest BCUT2D eigenvalue weighted by molar-refractivity contribution is 6.32. The van der Waals surface area contributed by atoms with Crippen molar-refractivity contribution in [2.75, 3.05) is 12.4 Å². The summed E-state index contributed by atoms with van der Waals surface area (Å²) < 4.78 is 5.19. The van der Waals surface area contributed by atoms with Gasteiger partial charge in [-0.3, -0.25) is 0 Å². The van der Waals surface area contributed by atoms with E-state index in [1.165, 1.54) is 0 Å². The molecule has 0 aromatic heterocycles. The van der Waals surface area contributed by atoms with E-state index in [0.29, 0.717) is 17.2 Å². The monoisotopic (exact) mass is 227 g/mol. The Morgan fingerprint density at radius 3 is 2.80 bits per heavy atom. The molecule has 1 saturated carbocycles. The molecular weight excluding hydrogens is 214 g/mol. The number of benzene rings is 1. The number of phenols is 1. The maximum absolute atomic E-state index is 9.25. The molecule has 0 atom stereocenters. The molecule has 2 N–H and O–H groups in total. The second-order valence-corrected chi connectivity index (χ2v) is 4.24. The van der Waals surface area contributed by atoms with Crippen LogP contribution in [0, 0.1) is 0 Å². The van der Waals surface area contributed by atoms with E-state index in [1.807, 2.05) is 6.07 Å². The Balaban J connectivity index is 1.92. The third-order valence-corrected chi connectivity index (χ3v) is 3.05. The molecule has 1 aliphatic carbocycles. The number of phenolic OH excluding ortho intramolecular Hbond substituents is 1. The molecule has 82 valence electrons. The third kappa shape index (κ3) is 2.36. The second-order valence-electron chi connectivity index (χ2n) is 3.84. The number of hydrogen-bond acceptors (Lipinski definition) is 3. The fourth-order valence-electron chi connectivity index (χ4n) is 1.71. The van der Waals surface area contributed by atoms with Crippen LogP contribution in [0.2, 0.25) is 5.02 Å². The van der Waals surface area contributed by atoms with Gasteiger partial charge < -0.3 is 15.2 Å². The first-order valence-corrected chi connectivity index (χ1v) is 5.34. The summed E-state index contributed by atoms with van der Waals surface area (Å²) in [6, 6.07) is 5.60. The standard InChI is InChI=1S/C11H14ClNO2/c1-15-9-4-8(5-9)13-7-2-3-11(14)10(12)6-7/h2-3,6,8-9,13-14H,4-5H2,1H3. The molecule has 0 spiro atoms. The Morgan fingerprint density at radius 1 is 1.47 bits per heavy atom. The largest absolute Gasteiger partial charge is 0.506 e. The van der Waals surface area contributed by atoms with E-state index in [2.05, 4.69) is 5.32 Å². The molecule has 0 saturated heterocycles. The van der Waals surface area contributed by atoms with E-state index in [4.69, 9.17) is 16.3 Å². The predicted molar refractivity (Wildman–Crippen MR) is 60.6 cm³/mol. The van der Waals surface area contributed by atoms with Crippen LogP contribution in [-0.2, 0) is 4.74 Å². The molecule has 3 nitrogen and oxygen atoms in total. The van der Waals surface area contributed by atoms with Gasteiger partial charge in [0.05, 0.1) is 11.1 Å². The molecule has 0 heterocycles. The van der Waals surface area contributed by atoms with Gasteiger partial charge in [-0.25, -0.2) is 0 Å². The molecular formula is C11H14ClNO2.